The van der Waals surface area contributed by atoms with Crippen LogP contribution in [0, 0.1) is 0 Å². The quantitative estimate of drug-likeness (QED) is 0.646. The lowest BCUT2D eigenvalue weighted by atomic mass is 10.1. The molecule has 0 aliphatic carbocycles. The predicted octanol–water partition coefficient (Wildman–Crippen LogP) is 3.97. The first-order valence-corrected chi connectivity index (χ1v) is 10.0. The number of benzene rings is 2. The van der Waals surface area contributed by atoms with Gasteiger partial charge < -0.3 is 19.5 Å². The lowest BCUT2D eigenvalue weighted by Crippen LogP contribution is -2.17. The van der Waals surface area contributed by atoms with Gasteiger partial charge in [-0.3, -0.25) is 4.79 Å². The van der Waals surface area contributed by atoms with Crippen LogP contribution in [0.5, 0.6) is 11.5 Å². The minimum atomic E-state index is -0.130. The zero-order chi connectivity index (χ0) is 19.2. The van der Waals surface area contributed by atoms with Gasteiger partial charge in [0.05, 0.1) is 37.8 Å². The van der Waals surface area contributed by atoms with Crippen LogP contribution in [0.25, 0.3) is 0 Å². The Kier molecular flexibility index (Phi) is 6.63. The monoisotopic (exact) mass is 450 g/mol. The van der Waals surface area contributed by atoms with Gasteiger partial charge in [-0.1, -0.05) is 15.9 Å². The van der Waals surface area contributed by atoms with Crippen LogP contribution in [-0.4, -0.2) is 44.9 Å². The lowest BCUT2D eigenvalue weighted by molar-refractivity contribution is -0.113. The molecule has 6 nitrogen and oxygen atoms in total. The van der Waals surface area contributed by atoms with Crippen molar-refractivity contribution in [3.63, 3.8) is 0 Å². The first kappa shape index (κ1) is 19.6. The second kappa shape index (κ2) is 9.14. The van der Waals surface area contributed by atoms with E-state index in [4.69, 9.17) is 14.2 Å². The Balaban J connectivity index is 1.77. The number of nitrogens with one attached hydrogen (secondary N) is 1. The topological polar surface area (TPSA) is 69.2 Å². The summed E-state index contributed by atoms with van der Waals surface area (Å²) in [6, 6.07) is 11.3. The summed E-state index contributed by atoms with van der Waals surface area (Å²) in [6.45, 7) is 1.12. The van der Waals surface area contributed by atoms with Crippen molar-refractivity contribution in [3.05, 3.63) is 46.4 Å². The molecular weight excluding hydrogens is 432 g/mol. The zero-order valence-electron chi connectivity index (χ0n) is 15.0. The fourth-order valence-corrected chi connectivity index (χ4v) is 3.49. The summed E-state index contributed by atoms with van der Waals surface area (Å²) < 4.78 is 17.3. The van der Waals surface area contributed by atoms with Gasteiger partial charge in [0.1, 0.15) is 6.61 Å². The zero-order valence-corrected chi connectivity index (χ0v) is 17.4. The standard InChI is InChI=1S/C19H19BrN2O4S/c1-24-16-9-14(19-21-7-8-26-19)15(10-17(16)25-2)22-18(23)11-27-13-5-3-12(20)4-6-13/h3-6,9-10H,7-8,11H2,1-2H3,(H,22,23). The molecule has 3 rings (SSSR count). The highest BCUT2D eigenvalue weighted by atomic mass is 79.9. The van der Waals surface area contributed by atoms with Gasteiger partial charge in [0.25, 0.3) is 0 Å². The summed E-state index contributed by atoms with van der Waals surface area (Å²) in [6.07, 6.45) is 0. The number of aliphatic imine (C=N–C) groups is 1. The average Bonchev–Trinajstić information content (AvgIpc) is 3.21. The summed E-state index contributed by atoms with van der Waals surface area (Å²) in [5, 5.41) is 2.93. The molecule has 0 saturated heterocycles. The van der Waals surface area contributed by atoms with Crippen molar-refractivity contribution < 1.29 is 19.0 Å². The summed E-state index contributed by atoms with van der Waals surface area (Å²) >= 11 is 4.86. The number of carbonyl (C=O) groups is 1. The van der Waals surface area contributed by atoms with Crippen molar-refractivity contribution in [2.45, 2.75) is 4.90 Å². The van der Waals surface area contributed by atoms with Crippen molar-refractivity contribution in [1.82, 2.24) is 0 Å². The van der Waals surface area contributed by atoms with Gasteiger partial charge in [-0.05, 0) is 30.3 Å². The Morgan fingerprint density at radius 3 is 2.56 bits per heavy atom. The number of amides is 1. The molecule has 1 amide bonds. The predicted molar refractivity (Wildman–Crippen MR) is 110 cm³/mol. The molecule has 0 unspecified atom stereocenters. The number of rotatable bonds is 7. The molecule has 0 atom stereocenters. The smallest absolute Gasteiger partial charge is 0.234 e. The van der Waals surface area contributed by atoms with Crippen molar-refractivity contribution >= 4 is 45.2 Å². The molecule has 0 bridgehead atoms. The van der Waals surface area contributed by atoms with Crippen molar-refractivity contribution in [2.75, 3.05) is 38.4 Å². The third-order valence-electron chi connectivity index (χ3n) is 3.80. The molecule has 1 aliphatic rings. The summed E-state index contributed by atoms with van der Waals surface area (Å²) in [7, 11) is 3.11. The number of nitrogens with zero attached hydrogens (tertiary/aromatic N) is 1. The second-order valence-corrected chi connectivity index (χ2v) is 7.54. The molecular formula is C19H19BrN2O4S. The number of methoxy groups -OCH3 is 2. The maximum absolute atomic E-state index is 12.5. The molecule has 2 aromatic rings. The number of carbonyl (C=O) groups excluding carboxylic acids is 1. The van der Waals surface area contributed by atoms with Gasteiger partial charge in [-0.2, -0.15) is 0 Å². The van der Waals surface area contributed by atoms with E-state index < -0.39 is 0 Å². The minimum Gasteiger partial charge on any atom is -0.493 e. The van der Waals surface area contributed by atoms with Gasteiger partial charge >= 0.3 is 0 Å². The van der Waals surface area contributed by atoms with E-state index >= 15 is 0 Å². The number of anilines is 1. The van der Waals surface area contributed by atoms with E-state index in [1.807, 2.05) is 24.3 Å². The number of thioether (sulfide) groups is 1. The highest BCUT2D eigenvalue weighted by Gasteiger charge is 2.20. The van der Waals surface area contributed by atoms with Gasteiger partial charge in [0.15, 0.2) is 11.5 Å². The molecule has 0 saturated carbocycles. The maximum atomic E-state index is 12.5. The van der Waals surface area contributed by atoms with Gasteiger partial charge in [0.2, 0.25) is 11.8 Å². The highest BCUT2D eigenvalue weighted by molar-refractivity contribution is 9.10. The second-order valence-electron chi connectivity index (χ2n) is 5.58. The van der Waals surface area contributed by atoms with Crippen molar-refractivity contribution in [2.24, 2.45) is 4.99 Å². The largest absolute Gasteiger partial charge is 0.493 e. The van der Waals surface area contributed by atoms with E-state index in [1.54, 1.807) is 26.4 Å². The van der Waals surface area contributed by atoms with E-state index in [0.717, 1.165) is 9.37 Å². The third kappa shape index (κ3) is 4.95. The fraction of sp³-hybridized carbons (Fsp3) is 0.263. The van der Waals surface area contributed by atoms with Crippen LogP contribution < -0.4 is 14.8 Å². The average molecular weight is 451 g/mol. The molecule has 1 heterocycles. The number of hydrogen-bond donors (Lipinski definition) is 1. The molecule has 8 heteroatoms. The third-order valence-corrected chi connectivity index (χ3v) is 5.34. The van der Waals surface area contributed by atoms with Crippen LogP contribution in [0.15, 0.2) is 50.8 Å². The minimum absolute atomic E-state index is 0.130. The Labute approximate surface area is 170 Å². The molecule has 27 heavy (non-hydrogen) atoms. The number of halogens is 1. The van der Waals surface area contributed by atoms with Crippen molar-refractivity contribution in [1.29, 1.82) is 0 Å². The normalized spacial score (nSPS) is 12.9. The van der Waals surface area contributed by atoms with Crippen LogP contribution >= 0.6 is 27.7 Å². The van der Waals surface area contributed by atoms with Gasteiger partial charge in [0, 0.05) is 15.4 Å². The highest BCUT2D eigenvalue weighted by Crippen LogP contribution is 2.34. The Morgan fingerprint density at radius 2 is 1.93 bits per heavy atom. The molecule has 2 aromatic carbocycles. The summed E-state index contributed by atoms with van der Waals surface area (Å²) in [5.74, 6) is 1.72. The molecule has 0 aromatic heterocycles. The van der Waals surface area contributed by atoms with E-state index in [-0.39, 0.29) is 11.7 Å². The lowest BCUT2D eigenvalue weighted by Gasteiger charge is -2.15. The SMILES string of the molecule is COc1cc(NC(=O)CSc2ccc(Br)cc2)c(C2=NCCO2)cc1OC. The molecule has 1 aliphatic heterocycles. The molecule has 142 valence electrons. The number of hydrogen-bond acceptors (Lipinski definition) is 6. The van der Waals surface area contributed by atoms with Crippen LogP contribution in [0.2, 0.25) is 0 Å². The molecule has 0 radical (unpaired) electrons. The first-order chi connectivity index (χ1) is 13.1. The summed E-state index contributed by atoms with van der Waals surface area (Å²) in [5.41, 5.74) is 1.25. The molecule has 0 fully saturated rings. The first-order valence-electron chi connectivity index (χ1n) is 8.22. The van der Waals surface area contributed by atoms with E-state index in [0.29, 0.717) is 41.8 Å². The van der Waals surface area contributed by atoms with Gasteiger partial charge in [-0.25, -0.2) is 4.99 Å². The molecule has 0 spiro atoms. The van der Waals surface area contributed by atoms with Crippen LogP contribution in [0.4, 0.5) is 5.69 Å². The van der Waals surface area contributed by atoms with Crippen LogP contribution in [-0.2, 0) is 9.53 Å². The maximum Gasteiger partial charge on any atom is 0.234 e. The summed E-state index contributed by atoms with van der Waals surface area (Å²) in [4.78, 5) is 17.8. The fourth-order valence-electron chi connectivity index (χ4n) is 2.52. The Bertz CT molecular complexity index is 856. The van der Waals surface area contributed by atoms with E-state index in [2.05, 4.69) is 26.2 Å². The number of ether oxygens (including phenoxy) is 3. The van der Waals surface area contributed by atoms with Crippen molar-refractivity contribution in [3.8, 4) is 11.5 Å². The van der Waals surface area contributed by atoms with E-state index in [1.165, 1.54) is 11.8 Å². The van der Waals surface area contributed by atoms with E-state index in [9.17, 15) is 4.79 Å². The Hall–Kier alpha value is -2.19. The Morgan fingerprint density at radius 1 is 1.22 bits per heavy atom. The van der Waals surface area contributed by atoms with Crippen LogP contribution in [0.1, 0.15) is 5.56 Å². The van der Waals surface area contributed by atoms with Crippen LogP contribution in [0.3, 0.4) is 0 Å². The molecule has 1 N–H and O–H groups in total. The van der Waals surface area contributed by atoms with Gasteiger partial charge in [-0.15, -0.1) is 11.8 Å².